The Morgan fingerprint density at radius 3 is 2.75 bits per heavy atom. The van der Waals surface area contributed by atoms with E-state index in [1.807, 2.05) is 48.3 Å². The maximum Gasteiger partial charge on any atom is 0.253 e. The summed E-state index contributed by atoms with van der Waals surface area (Å²) in [6, 6.07) is 12.0. The molecule has 4 heterocycles. The van der Waals surface area contributed by atoms with Crippen molar-refractivity contribution in [2.45, 2.75) is 0 Å². The van der Waals surface area contributed by atoms with Crippen LogP contribution in [0.25, 0.3) is 39.5 Å². The van der Waals surface area contributed by atoms with Crippen molar-refractivity contribution in [3.8, 4) is 22.8 Å². The van der Waals surface area contributed by atoms with Crippen molar-refractivity contribution in [2.75, 3.05) is 0 Å². The van der Waals surface area contributed by atoms with Crippen LogP contribution in [0, 0.1) is 0 Å². The minimum atomic E-state index is 0.564. The first kappa shape index (κ1) is 13.0. The normalized spacial score (nSPS) is 11.5. The largest absolute Gasteiger partial charge is 0.360 e. The Labute approximate surface area is 136 Å². The Balaban J connectivity index is 1.76. The number of nitrogens with zero attached hydrogens (tertiary/aromatic N) is 6. The highest BCUT2D eigenvalue weighted by atomic mass is 15.3. The van der Waals surface area contributed by atoms with Gasteiger partial charge in [0.2, 0.25) is 0 Å². The number of aromatic nitrogens is 7. The second-order valence-electron chi connectivity index (χ2n) is 5.57. The molecule has 0 atom stereocenters. The van der Waals surface area contributed by atoms with E-state index < -0.39 is 0 Å². The number of hydrogen-bond acceptors (Lipinski definition) is 4. The van der Waals surface area contributed by atoms with Gasteiger partial charge < -0.3 is 4.98 Å². The lowest BCUT2D eigenvalue weighted by atomic mass is 10.2. The molecule has 0 saturated heterocycles. The number of H-pyrrole nitrogens is 1. The Hall–Kier alpha value is -3.48. The molecule has 0 spiro atoms. The number of nitrogens with one attached hydrogen (secondary N) is 1. The molecule has 1 N–H and O–H groups in total. The van der Waals surface area contributed by atoms with Crippen LogP contribution < -0.4 is 0 Å². The molecule has 0 amide bonds. The maximum absolute atomic E-state index is 4.68. The minimum Gasteiger partial charge on any atom is -0.360 e. The summed E-state index contributed by atoms with van der Waals surface area (Å²) in [4.78, 5) is 12.2. The van der Waals surface area contributed by atoms with Crippen molar-refractivity contribution in [1.82, 2.24) is 34.3 Å². The average Bonchev–Trinajstić information content (AvgIpc) is 3.31. The predicted octanol–water partition coefficient (Wildman–Crippen LogP) is 2.67. The van der Waals surface area contributed by atoms with Gasteiger partial charge in [0.05, 0.1) is 11.4 Å². The molecule has 5 rings (SSSR count). The van der Waals surface area contributed by atoms with E-state index in [4.69, 9.17) is 0 Å². The number of aryl methyl sites for hydroxylation is 1. The third-order valence-electron chi connectivity index (χ3n) is 4.15. The van der Waals surface area contributed by atoms with Crippen LogP contribution in [0.2, 0.25) is 0 Å². The van der Waals surface area contributed by atoms with Crippen LogP contribution in [0.4, 0.5) is 0 Å². The van der Waals surface area contributed by atoms with Gasteiger partial charge in [-0.1, -0.05) is 18.2 Å². The lowest BCUT2D eigenvalue weighted by Gasteiger charge is -2.03. The predicted molar refractivity (Wildman–Crippen MR) is 90.3 cm³/mol. The quantitative estimate of drug-likeness (QED) is 0.543. The molecule has 0 aliphatic rings. The van der Waals surface area contributed by atoms with Crippen LogP contribution >= 0.6 is 0 Å². The molecule has 116 valence electrons. The molecule has 0 bridgehead atoms. The highest BCUT2D eigenvalue weighted by Gasteiger charge is 2.15. The van der Waals surface area contributed by atoms with E-state index in [1.54, 1.807) is 16.9 Å². The van der Waals surface area contributed by atoms with E-state index in [9.17, 15) is 0 Å². The standard InChI is InChI=1S/C17H13N7/c1-23-14(7-9-20-23)15-6-8-18-17-21-16(22-24(15)17)12-10-19-13-5-3-2-4-11(12)13/h2-10,19H,1H3. The van der Waals surface area contributed by atoms with Crippen LogP contribution in [0.5, 0.6) is 0 Å². The summed E-state index contributed by atoms with van der Waals surface area (Å²) in [6.45, 7) is 0. The fourth-order valence-electron chi connectivity index (χ4n) is 2.98. The average molecular weight is 315 g/mol. The van der Waals surface area contributed by atoms with Crippen molar-refractivity contribution in [3.05, 3.63) is 55.0 Å². The summed E-state index contributed by atoms with van der Waals surface area (Å²) >= 11 is 0. The lowest BCUT2D eigenvalue weighted by molar-refractivity contribution is 0.767. The fourth-order valence-corrected chi connectivity index (χ4v) is 2.98. The van der Waals surface area contributed by atoms with Gasteiger partial charge in [-0.05, 0) is 18.2 Å². The summed E-state index contributed by atoms with van der Waals surface area (Å²) < 4.78 is 3.57. The van der Waals surface area contributed by atoms with E-state index >= 15 is 0 Å². The highest BCUT2D eigenvalue weighted by molar-refractivity contribution is 5.93. The Morgan fingerprint density at radius 2 is 1.88 bits per heavy atom. The van der Waals surface area contributed by atoms with Gasteiger partial charge in [0.15, 0.2) is 5.82 Å². The zero-order valence-corrected chi connectivity index (χ0v) is 12.9. The van der Waals surface area contributed by atoms with Crippen LogP contribution in [-0.2, 0) is 7.05 Å². The van der Waals surface area contributed by atoms with Crippen LogP contribution in [0.1, 0.15) is 0 Å². The molecule has 7 nitrogen and oxygen atoms in total. The number of fused-ring (bicyclic) bond motifs is 2. The molecule has 0 fully saturated rings. The molecule has 5 aromatic rings. The van der Waals surface area contributed by atoms with E-state index in [0.29, 0.717) is 11.6 Å². The van der Waals surface area contributed by atoms with E-state index in [2.05, 4.69) is 31.2 Å². The van der Waals surface area contributed by atoms with Crippen molar-refractivity contribution in [3.63, 3.8) is 0 Å². The molecule has 0 aliphatic carbocycles. The molecule has 0 aliphatic heterocycles. The van der Waals surface area contributed by atoms with Crippen molar-refractivity contribution in [2.24, 2.45) is 7.05 Å². The fraction of sp³-hybridized carbons (Fsp3) is 0.0588. The van der Waals surface area contributed by atoms with Gasteiger partial charge in [0, 0.05) is 42.1 Å². The topological polar surface area (TPSA) is 76.7 Å². The van der Waals surface area contributed by atoms with Gasteiger partial charge in [-0.25, -0.2) is 4.98 Å². The summed E-state index contributed by atoms with van der Waals surface area (Å²) in [5, 5.41) is 10.0. The molecule has 4 aromatic heterocycles. The van der Waals surface area contributed by atoms with Gasteiger partial charge in [-0.15, -0.1) is 5.10 Å². The number of rotatable bonds is 2. The molecule has 24 heavy (non-hydrogen) atoms. The number of benzene rings is 1. The molecule has 1 aromatic carbocycles. The highest BCUT2D eigenvalue weighted by Crippen LogP contribution is 2.27. The smallest absolute Gasteiger partial charge is 0.253 e. The molecule has 0 unspecified atom stereocenters. The zero-order chi connectivity index (χ0) is 16.1. The third kappa shape index (κ3) is 1.78. The van der Waals surface area contributed by atoms with Gasteiger partial charge in [-0.2, -0.15) is 14.6 Å². The van der Waals surface area contributed by atoms with Gasteiger partial charge in [0.1, 0.15) is 0 Å². The Bertz CT molecular complexity index is 1180. The number of aromatic amines is 1. The first-order valence-corrected chi connectivity index (χ1v) is 7.58. The Morgan fingerprint density at radius 1 is 1.00 bits per heavy atom. The first-order valence-electron chi connectivity index (χ1n) is 7.58. The van der Waals surface area contributed by atoms with Crippen molar-refractivity contribution >= 4 is 16.7 Å². The van der Waals surface area contributed by atoms with Crippen LogP contribution in [0.15, 0.2) is 55.0 Å². The number of para-hydroxylation sites is 1. The third-order valence-corrected chi connectivity index (χ3v) is 4.15. The monoisotopic (exact) mass is 315 g/mol. The first-order chi connectivity index (χ1) is 11.8. The van der Waals surface area contributed by atoms with E-state index in [0.717, 1.165) is 27.9 Å². The zero-order valence-electron chi connectivity index (χ0n) is 12.9. The maximum atomic E-state index is 4.68. The molecule has 0 radical (unpaired) electrons. The van der Waals surface area contributed by atoms with Gasteiger partial charge >= 0.3 is 0 Å². The van der Waals surface area contributed by atoms with E-state index in [-0.39, 0.29) is 0 Å². The second kappa shape index (κ2) is 4.76. The molecule has 7 heteroatoms. The summed E-state index contributed by atoms with van der Waals surface area (Å²) in [6.07, 6.45) is 5.44. The molecule has 0 saturated carbocycles. The van der Waals surface area contributed by atoms with Crippen LogP contribution in [0.3, 0.4) is 0 Å². The van der Waals surface area contributed by atoms with Gasteiger partial charge in [-0.3, -0.25) is 4.68 Å². The summed E-state index contributed by atoms with van der Waals surface area (Å²) in [5.41, 5.74) is 3.88. The minimum absolute atomic E-state index is 0.564. The molecular weight excluding hydrogens is 302 g/mol. The number of hydrogen-bond donors (Lipinski definition) is 1. The van der Waals surface area contributed by atoms with Crippen molar-refractivity contribution < 1.29 is 0 Å². The summed E-state index contributed by atoms with van der Waals surface area (Å²) in [7, 11) is 1.90. The van der Waals surface area contributed by atoms with Crippen LogP contribution in [-0.4, -0.2) is 34.3 Å². The van der Waals surface area contributed by atoms with Crippen molar-refractivity contribution in [1.29, 1.82) is 0 Å². The summed E-state index contributed by atoms with van der Waals surface area (Å²) in [5.74, 6) is 1.21. The SMILES string of the molecule is Cn1nccc1-c1ccnc2nc(-c3c[nH]c4ccccc34)nn12. The Kier molecular flexibility index (Phi) is 2.58. The second-order valence-corrected chi connectivity index (χ2v) is 5.57. The van der Waals surface area contributed by atoms with E-state index in [1.165, 1.54) is 0 Å². The lowest BCUT2D eigenvalue weighted by Crippen LogP contribution is -2.00. The molecular formula is C17H13N7. The van der Waals surface area contributed by atoms with Gasteiger partial charge in [0.25, 0.3) is 5.78 Å².